The summed E-state index contributed by atoms with van der Waals surface area (Å²) in [6.45, 7) is 4.22. The molecule has 1 aromatic rings. The molecule has 0 saturated heterocycles. The van der Waals surface area contributed by atoms with E-state index in [9.17, 15) is 5.11 Å². The summed E-state index contributed by atoms with van der Waals surface area (Å²) in [6, 6.07) is 8.85. The monoisotopic (exact) mass is 205 g/mol. The van der Waals surface area contributed by atoms with Gasteiger partial charge in [-0.1, -0.05) is 6.07 Å². The molecule has 0 amide bonds. The molecule has 0 aromatic heterocycles. The first-order chi connectivity index (χ1) is 7.03. The van der Waals surface area contributed by atoms with E-state index in [1.165, 1.54) is 0 Å². The molecule has 0 heterocycles. The van der Waals surface area contributed by atoms with Crippen molar-refractivity contribution in [1.29, 1.82) is 5.26 Å². The van der Waals surface area contributed by atoms with Crippen molar-refractivity contribution in [2.45, 2.75) is 20.3 Å². The van der Waals surface area contributed by atoms with Crippen LogP contribution in [0.3, 0.4) is 0 Å². The van der Waals surface area contributed by atoms with Crippen LogP contribution < -0.4 is 4.74 Å². The number of benzene rings is 1. The number of hydrogen-bond donors (Lipinski definition) is 1. The number of nitriles is 1. The zero-order valence-corrected chi connectivity index (χ0v) is 9.03. The SMILES string of the molecule is CC(C)(C#N)CCOc1cccc(O)c1. The van der Waals surface area contributed by atoms with E-state index >= 15 is 0 Å². The molecule has 0 saturated carbocycles. The lowest BCUT2D eigenvalue weighted by Crippen LogP contribution is -2.13. The van der Waals surface area contributed by atoms with Crippen molar-refractivity contribution in [3.8, 4) is 17.6 Å². The van der Waals surface area contributed by atoms with Crippen LogP contribution in [0.2, 0.25) is 0 Å². The number of phenolic OH excluding ortho intramolecular Hbond substituents is 1. The van der Waals surface area contributed by atoms with E-state index in [1.807, 2.05) is 13.8 Å². The number of nitrogens with zero attached hydrogens (tertiary/aromatic N) is 1. The van der Waals surface area contributed by atoms with Crippen LogP contribution in [0.1, 0.15) is 20.3 Å². The highest BCUT2D eigenvalue weighted by atomic mass is 16.5. The Bertz CT molecular complexity index is 366. The first-order valence-electron chi connectivity index (χ1n) is 4.86. The minimum absolute atomic E-state index is 0.187. The van der Waals surface area contributed by atoms with E-state index in [1.54, 1.807) is 24.3 Å². The molecule has 0 spiro atoms. The highest BCUT2D eigenvalue weighted by molar-refractivity contribution is 5.31. The molecule has 0 atom stereocenters. The van der Waals surface area contributed by atoms with Crippen LogP contribution in [0, 0.1) is 16.7 Å². The van der Waals surface area contributed by atoms with E-state index < -0.39 is 0 Å². The Morgan fingerprint density at radius 3 is 2.80 bits per heavy atom. The van der Waals surface area contributed by atoms with Gasteiger partial charge in [-0.2, -0.15) is 5.26 Å². The van der Waals surface area contributed by atoms with Crippen LogP contribution >= 0.6 is 0 Å². The molecule has 0 bridgehead atoms. The average molecular weight is 205 g/mol. The van der Waals surface area contributed by atoms with Gasteiger partial charge in [0.25, 0.3) is 0 Å². The van der Waals surface area contributed by atoms with Crippen molar-refractivity contribution >= 4 is 0 Å². The third-order valence-corrected chi connectivity index (χ3v) is 2.12. The van der Waals surface area contributed by atoms with Gasteiger partial charge in [-0.15, -0.1) is 0 Å². The van der Waals surface area contributed by atoms with Gasteiger partial charge in [0.2, 0.25) is 0 Å². The molecule has 3 heteroatoms. The van der Waals surface area contributed by atoms with Crippen LogP contribution in [0.5, 0.6) is 11.5 Å². The molecule has 0 unspecified atom stereocenters. The molecular formula is C12H15NO2. The van der Waals surface area contributed by atoms with Gasteiger partial charge in [-0.25, -0.2) is 0 Å². The summed E-state index contributed by atoms with van der Waals surface area (Å²) in [4.78, 5) is 0. The Balaban J connectivity index is 2.42. The average Bonchev–Trinajstić information content (AvgIpc) is 2.18. The standard InChI is InChI=1S/C12H15NO2/c1-12(2,9-13)6-7-15-11-5-3-4-10(14)8-11/h3-5,8,14H,6-7H2,1-2H3. The molecule has 1 aromatic carbocycles. The summed E-state index contributed by atoms with van der Waals surface area (Å²) in [5.74, 6) is 0.816. The van der Waals surface area contributed by atoms with Gasteiger partial charge in [-0.05, 0) is 32.4 Å². The maximum atomic E-state index is 9.19. The summed E-state index contributed by atoms with van der Waals surface area (Å²) >= 11 is 0. The smallest absolute Gasteiger partial charge is 0.122 e. The van der Waals surface area contributed by atoms with Gasteiger partial charge < -0.3 is 9.84 Å². The topological polar surface area (TPSA) is 53.2 Å². The zero-order valence-electron chi connectivity index (χ0n) is 9.03. The minimum atomic E-state index is -0.364. The molecular weight excluding hydrogens is 190 g/mol. The highest BCUT2D eigenvalue weighted by Gasteiger charge is 2.16. The molecule has 0 radical (unpaired) electrons. The van der Waals surface area contributed by atoms with Gasteiger partial charge >= 0.3 is 0 Å². The quantitative estimate of drug-likeness (QED) is 0.822. The molecule has 0 fully saturated rings. The predicted molar refractivity (Wildman–Crippen MR) is 57.6 cm³/mol. The van der Waals surface area contributed by atoms with Crippen molar-refractivity contribution < 1.29 is 9.84 Å². The summed E-state index contributed by atoms with van der Waals surface area (Å²) in [5.41, 5.74) is -0.364. The lowest BCUT2D eigenvalue weighted by molar-refractivity contribution is 0.263. The number of hydrogen-bond acceptors (Lipinski definition) is 3. The second-order valence-corrected chi connectivity index (χ2v) is 4.09. The fourth-order valence-corrected chi connectivity index (χ4v) is 1.05. The first kappa shape index (κ1) is 11.4. The molecule has 15 heavy (non-hydrogen) atoms. The van der Waals surface area contributed by atoms with Gasteiger partial charge in [0.05, 0.1) is 18.1 Å². The Kier molecular flexibility index (Phi) is 3.56. The maximum absolute atomic E-state index is 9.19. The summed E-state index contributed by atoms with van der Waals surface area (Å²) in [7, 11) is 0. The van der Waals surface area contributed by atoms with Crippen molar-refractivity contribution in [2.24, 2.45) is 5.41 Å². The third kappa shape index (κ3) is 3.90. The van der Waals surface area contributed by atoms with Crippen LogP contribution in [-0.4, -0.2) is 11.7 Å². The molecule has 80 valence electrons. The number of rotatable bonds is 4. The van der Waals surface area contributed by atoms with Crippen molar-refractivity contribution in [3.05, 3.63) is 24.3 Å². The predicted octanol–water partition coefficient (Wildman–Crippen LogP) is 2.71. The Morgan fingerprint density at radius 1 is 1.47 bits per heavy atom. The maximum Gasteiger partial charge on any atom is 0.122 e. The normalized spacial score (nSPS) is 10.7. The lowest BCUT2D eigenvalue weighted by Gasteiger charge is -2.15. The van der Waals surface area contributed by atoms with E-state index in [2.05, 4.69) is 6.07 Å². The molecule has 0 aliphatic rings. The number of phenols is 1. The second kappa shape index (κ2) is 4.70. The van der Waals surface area contributed by atoms with E-state index in [-0.39, 0.29) is 11.2 Å². The fraction of sp³-hybridized carbons (Fsp3) is 0.417. The summed E-state index contributed by atoms with van der Waals surface area (Å²) in [6.07, 6.45) is 0.666. The van der Waals surface area contributed by atoms with E-state index in [4.69, 9.17) is 10.00 Å². The highest BCUT2D eigenvalue weighted by Crippen LogP contribution is 2.21. The molecule has 0 aliphatic carbocycles. The van der Waals surface area contributed by atoms with Gasteiger partial charge in [0.15, 0.2) is 0 Å². The van der Waals surface area contributed by atoms with Gasteiger partial charge in [0.1, 0.15) is 11.5 Å². The number of aromatic hydroxyl groups is 1. The van der Waals surface area contributed by atoms with Gasteiger partial charge in [-0.3, -0.25) is 0 Å². The second-order valence-electron chi connectivity index (χ2n) is 4.09. The van der Waals surface area contributed by atoms with E-state index in [0.717, 1.165) is 0 Å². The first-order valence-corrected chi connectivity index (χ1v) is 4.86. The van der Waals surface area contributed by atoms with Crippen LogP contribution in [0.4, 0.5) is 0 Å². The van der Waals surface area contributed by atoms with Gasteiger partial charge in [0, 0.05) is 6.07 Å². The van der Waals surface area contributed by atoms with Crippen LogP contribution in [0.15, 0.2) is 24.3 Å². The van der Waals surface area contributed by atoms with Crippen LogP contribution in [0.25, 0.3) is 0 Å². The van der Waals surface area contributed by atoms with Crippen molar-refractivity contribution in [2.75, 3.05) is 6.61 Å². The largest absolute Gasteiger partial charge is 0.508 e. The number of ether oxygens (including phenoxy) is 1. The summed E-state index contributed by atoms with van der Waals surface area (Å²) < 4.78 is 5.41. The summed E-state index contributed by atoms with van der Waals surface area (Å²) in [5, 5.41) is 18.0. The Morgan fingerprint density at radius 2 is 2.20 bits per heavy atom. The molecule has 1 rings (SSSR count). The minimum Gasteiger partial charge on any atom is -0.508 e. The third-order valence-electron chi connectivity index (χ3n) is 2.12. The Hall–Kier alpha value is -1.69. The van der Waals surface area contributed by atoms with E-state index in [0.29, 0.717) is 18.8 Å². The molecule has 1 N–H and O–H groups in total. The van der Waals surface area contributed by atoms with Crippen molar-refractivity contribution in [1.82, 2.24) is 0 Å². The van der Waals surface area contributed by atoms with Crippen LogP contribution in [-0.2, 0) is 0 Å². The lowest BCUT2D eigenvalue weighted by atomic mass is 9.92. The zero-order chi connectivity index (χ0) is 11.3. The molecule has 3 nitrogen and oxygen atoms in total. The Labute approximate surface area is 89.9 Å². The fourth-order valence-electron chi connectivity index (χ4n) is 1.05. The molecule has 0 aliphatic heterocycles. The van der Waals surface area contributed by atoms with Crippen molar-refractivity contribution in [3.63, 3.8) is 0 Å².